The van der Waals surface area contributed by atoms with Crippen molar-refractivity contribution in [2.45, 2.75) is 0 Å². The summed E-state index contributed by atoms with van der Waals surface area (Å²) in [4.78, 5) is 23.1. The Balaban J connectivity index is 2.22. The number of anilines is 1. The number of carbonyl (C=O) groups excluding carboxylic acids is 1. The van der Waals surface area contributed by atoms with Gasteiger partial charge >= 0.3 is 0 Å². The lowest BCUT2D eigenvalue weighted by Crippen LogP contribution is -2.23. The fourth-order valence-corrected chi connectivity index (χ4v) is 1.69. The van der Waals surface area contributed by atoms with Crippen molar-refractivity contribution in [3.8, 4) is 0 Å². The Morgan fingerprint density at radius 3 is 2.58 bits per heavy atom. The second-order valence-electron chi connectivity index (χ2n) is 3.76. The maximum absolute atomic E-state index is 11.9. The minimum Gasteiger partial charge on any atom is -0.321 e. The lowest BCUT2D eigenvalue weighted by atomic mass is 10.3. The number of aryl methyl sites for hydroxylation is 1. The molecule has 0 bridgehead atoms. The van der Waals surface area contributed by atoms with Gasteiger partial charge in [0, 0.05) is 18.8 Å². The molecular formula is C12H9Cl2N3O2. The van der Waals surface area contributed by atoms with Crippen LogP contribution in [0.1, 0.15) is 10.5 Å². The number of aromatic nitrogens is 2. The van der Waals surface area contributed by atoms with Crippen LogP contribution in [0.4, 0.5) is 5.69 Å². The summed E-state index contributed by atoms with van der Waals surface area (Å²) in [5, 5.41) is 7.20. The largest absolute Gasteiger partial charge is 0.321 e. The van der Waals surface area contributed by atoms with E-state index in [0.717, 1.165) is 4.68 Å². The van der Waals surface area contributed by atoms with Crippen LogP contribution in [0.25, 0.3) is 0 Å². The smallest absolute Gasteiger partial charge is 0.276 e. The van der Waals surface area contributed by atoms with E-state index in [4.69, 9.17) is 23.2 Å². The van der Waals surface area contributed by atoms with E-state index in [-0.39, 0.29) is 11.3 Å². The van der Waals surface area contributed by atoms with Gasteiger partial charge in [0.05, 0.1) is 10.0 Å². The first-order chi connectivity index (χ1) is 8.97. The number of carbonyl (C=O) groups is 1. The third-order valence-electron chi connectivity index (χ3n) is 2.37. The van der Waals surface area contributed by atoms with E-state index in [0.29, 0.717) is 15.7 Å². The first-order valence-corrected chi connectivity index (χ1v) is 6.04. The van der Waals surface area contributed by atoms with Gasteiger partial charge in [-0.15, -0.1) is 0 Å². The van der Waals surface area contributed by atoms with Crippen LogP contribution in [0, 0.1) is 0 Å². The Labute approximate surface area is 118 Å². The van der Waals surface area contributed by atoms with Gasteiger partial charge in [-0.3, -0.25) is 9.59 Å². The van der Waals surface area contributed by atoms with Gasteiger partial charge in [-0.25, -0.2) is 4.68 Å². The summed E-state index contributed by atoms with van der Waals surface area (Å²) >= 11 is 11.6. The molecule has 2 aromatic rings. The maximum atomic E-state index is 11.9. The average molecular weight is 298 g/mol. The van der Waals surface area contributed by atoms with E-state index in [1.165, 1.54) is 25.2 Å². The van der Waals surface area contributed by atoms with Gasteiger partial charge in [-0.05, 0) is 24.3 Å². The number of benzene rings is 1. The van der Waals surface area contributed by atoms with E-state index < -0.39 is 5.91 Å². The summed E-state index contributed by atoms with van der Waals surface area (Å²) in [5.41, 5.74) is 0.342. The Hall–Kier alpha value is -1.85. The fraction of sp³-hybridized carbons (Fsp3) is 0.0833. The molecule has 1 N–H and O–H groups in total. The topological polar surface area (TPSA) is 64.0 Å². The molecule has 0 saturated carbocycles. The van der Waals surface area contributed by atoms with E-state index >= 15 is 0 Å². The van der Waals surface area contributed by atoms with Crippen LogP contribution in [0.3, 0.4) is 0 Å². The van der Waals surface area contributed by atoms with Crippen molar-refractivity contribution in [3.63, 3.8) is 0 Å². The summed E-state index contributed by atoms with van der Waals surface area (Å²) in [5.74, 6) is -0.436. The Morgan fingerprint density at radius 2 is 1.95 bits per heavy atom. The molecule has 5 nitrogen and oxygen atoms in total. The van der Waals surface area contributed by atoms with E-state index in [1.807, 2.05) is 0 Å². The molecule has 0 aliphatic rings. The highest BCUT2D eigenvalue weighted by Crippen LogP contribution is 2.25. The molecule has 2 rings (SSSR count). The number of amides is 1. The van der Waals surface area contributed by atoms with Gasteiger partial charge < -0.3 is 5.32 Å². The Morgan fingerprint density at radius 1 is 1.21 bits per heavy atom. The van der Waals surface area contributed by atoms with Crippen molar-refractivity contribution in [1.82, 2.24) is 9.78 Å². The molecule has 98 valence electrons. The van der Waals surface area contributed by atoms with Crippen molar-refractivity contribution < 1.29 is 4.79 Å². The van der Waals surface area contributed by atoms with Gasteiger partial charge in [0.1, 0.15) is 5.69 Å². The molecule has 1 aromatic carbocycles. The fourth-order valence-electron chi connectivity index (χ4n) is 1.39. The lowest BCUT2D eigenvalue weighted by Gasteiger charge is -2.06. The van der Waals surface area contributed by atoms with E-state index in [9.17, 15) is 9.59 Å². The Kier molecular flexibility index (Phi) is 3.87. The summed E-state index contributed by atoms with van der Waals surface area (Å²) in [6, 6.07) is 7.36. The van der Waals surface area contributed by atoms with Crippen LogP contribution >= 0.6 is 23.2 Å². The van der Waals surface area contributed by atoms with Crippen LogP contribution in [-0.2, 0) is 7.05 Å². The highest BCUT2D eigenvalue weighted by Gasteiger charge is 2.09. The maximum Gasteiger partial charge on any atom is 0.276 e. The third kappa shape index (κ3) is 3.13. The van der Waals surface area contributed by atoms with Gasteiger partial charge in [-0.1, -0.05) is 23.2 Å². The molecule has 0 aliphatic heterocycles. The summed E-state index contributed by atoms with van der Waals surface area (Å²) < 4.78 is 1.09. The zero-order valence-corrected chi connectivity index (χ0v) is 11.4. The Bertz CT molecular complexity index is 698. The molecule has 7 heteroatoms. The minimum atomic E-state index is -0.436. The molecule has 0 fully saturated rings. The highest BCUT2D eigenvalue weighted by molar-refractivity contribution is 6.42. The van der Waals surface area contributed by atoms with Gasteiger partial charge in [-0.2, -0.15) is 5.10 Å². The number of hydrogen-bond acceptors (Lipinski definition) is 3. The second kappa shape index (κ2) is 5.42. The van der Waals surface area contributed by atoms with Crippen LogP contribution in [0.15, 0.2) is 35.1 Å². The van der Waals surface area contributed by atoms with Gasteiger partial charge in [0.15, 0.2) is 0 Å². The highest BCUT2D eigenvalue weighted by atomic mass is 35.5. The monoisotopic (exact) mass is 297 g/mol. The lowest BCUT2D eigenvalue weighted by molar-refractivity contribution is 0.102. The molecule has 1 amide bonds. The number of halogens is 2. The zero-order chi connectivity index (χ0) is 14.0. The van der Waals surface area contributed by atoms with E-state index in [2.05, 4.69) is 10.4 Å². The van der Waals surface area contributed by atoms with E-state index in [1.54, 1.807) is 12.1 Å². The molecule has 0 aliphatic carbocycles. The summed E-state index contributed by atoms with van der Waals surface area (Å²) in [6.45, 7) is 0. The van der Waals surface area contributed by atoms with Crippen LogP contribution < -0.4 is 10.9 Å². The van der Waals surface area contributed by atoms with Crippen molar-refractivity contribution in [3.05, 3.63) is 56.4 Å². The molecule has 0 spiro atoms. The molecular weight excluding hydrogens is 289 g/mol. The van der Waals surface area contributed by atoms with Crippen LogP contribution in [0.5, 0.6) is 0 Å². The van der Waals surface area contributed by atoms with Gasteiger partial charge in [0.2, 0.25) is 0 Å². The van der Waals surface area contributed by atoms with Crippen molar-refractivity contribution >= 4 is 34.8 Å². The average Bonchev–Trinajstić information content (AvgIpc) is 2.37. The number of rotatable bonds is 2. The van der Waals surface area contributed by atoms with Gasteiger partial charge in [0.25, 0.3) is 11.5 Å². The number of nitrogens with zero attached hydrogens (tertiary/aromatic N) is 2. The minimum absolute atomic E-state index is 0.133. The van der Waals surface area contributed by atoms with Crippen molar-refractivity contribution in [1.29, 1.82) is 0 Å². The summed E-state index contributed by atoms with van der Waals surface area (Å²) in [7, 11) is 1.47. The van der Waals surface area contributed by atoms with Crippen LogP contribution in [-0.4, -0.2) is 15.7 Å². The third-order valence-corrected chi connectivity index (χ3v) is 3.11. The van der Waals surface area contributed by atoms with Crippen molar-refractivity contribution in [2.75, 3.05) is 5.32 Å². The molecule has 1 heterocycles. The standard InChI is InChI=1S/C12H9Cl2N3O2/c1-17-11(18)5-4-10(16-17)12(19)15-7-2-3-8(13)9(14)6-7/h2-6H,1H3,(H,15,19). The first-order valence-electron chi connectivity index (χ1n) is 5.28. The molecule has 0 saturated heterocycles. The molecule has 0 radical (unpaired) electrons. The predicted molar refractivity (Wildman–Crippen MR) is 73.9 cm³/mol. The molecule has 19 heavy (non-hydrogen) atoms. The normalized spacial score (nSPS) is 10.3. The zero-order valence-electron chi connectivity index (χ0n) is 9.85. The quantitative estimate of drug-likeness (QED) is 0.925. The SMILES string of the molecule is Cn1nc(C(=O)Nc2ccc(Cl)c(Cl)c2)ccc1=O. The first kappa shape index (κ1) is 13.6. The predicted octanol–water partition coefficient (Wildman–Crippen LogP) is 2.34. The van der Waals surface area contributed by atoms with Crippen LogP contribution in [0.2, 0.25) is 10.0 Å². The summed E-state index contributed by atoms with van der Waals surface area (Å²) in [6.07, 6.45) is 0. The second-order valence-corrected chi connectivity index (χ2v) is 4.58. The number of nitrogens with one attached hydrogen (secondary N) is 1. The molecule has 0 atom stereocenters. The molecule has 0 unspecified atom stereocenters. The molecule has 1 aromatic heterocycles. The number of hydrogen-bond donors (Lipinski definition) is 1. The van der Waals surface area contributed by atoms with Crippen molar-refractivity contribution in [2.24, 2.45) is 7.05 Å².